The third kappa shape index (κ3) is 1.85. The van der Waals surface area contributed by atoms with E-state index in [4.69, 9.17) is 4.74 Å². The second-order valence-corrected chi connectivity index (χ2v) is 12.9. The van der Waals surface area contributed by atoms with Crippen LogP contribution in [0.15, 0.2) is 11.1 Å². The Morgan fingerprint density at radius 2 is 1.96 bits per heavy atom. The van der Waals surface area contributed by atoms with Gasteiger partial charge in [0.2, 0.25) is 0 Å². The average molecular weight is 460 g/mol. The highest BCUT2D eigenvalue weighted by atomic mass is 79.9. The summed E-state index contributed by atoms with van der Waals surface area (Å²) in [6.07, 6.45) is 9.60. The normalized spacial score (nSPS) is 54.6. The van der Waals surface area contributed by atoms with Crippen LogP contribution in [0, 0.1) is 29.1 Å². The lowest BCUT2D eigenvalue weighted by Gasteiger charge is -2.51. The van der Waals surface area contributed by atoms with Gasteiger partial charge in [0.05, 0.1) is 6.10 Å². The molecule has 24 heavy (non-hydrogen) atoms. The van der Waals surface area contributed by atoms with Crippen molar-refractivity contribution in [3.05, 3.63) is 11.1 Å². The molecule has 4 heteroatoms. The fraction of sp³-hybridized carbons (Fsp3) is 0.900. The van der Waals surface area contributed by atoms with Gasteiger partial charge in [-0.25, -0.2) is 0 Å². The molecule has 0 aromatic rings. The van der Waals surface area contributed by atoms with Gasteiger partial charge in [-0.15, -0.1) is 0 Å². The molecule has 3 fully saturated rings. The molecular formula is C20H28Br2O2. The van der Waals surface area contributed by atoms with Crippen LogP contribution in [0.4, 0.5) is 0 Å². The number of methoxy groups -OCH3 is 1. The van der Waals surface area contributed by atoms with E-state index in [0.717, 1.165) is 30.6 Å². The molecule has 1 N–H and O–H groups in total. The monoisotopic (exact) mass is 458 g/mol. The van der Waals surface area contributed by atoms with Crippen LogP contribution in [0.5, 0.6) is 0 Å². The first kappa shape index (κ1) is 16.8. The molecule has 134 valence electrons. The molecule has 0 aliphatic heterocycles. The lowest BCUT2D eigenvalue weighted by molar-refractivity contribution is -0.0335. The Morgan fingerprint density at radius 3 is 2.71 bits per heavy atom. The molecule has 0 saturated heterocycles. The number of aliphatic hydroxyl groups excluding tert-OH is 1. The van der Waals surface area contributed by atoms with Crippen LogP contribution in [-0.4, -0.2) is 27.2 Å². The summed E-state index contributed by atoms with van der Waals surface area (Å²) < 4.78 is 5.97. The molecule has 2 unspecified atom stereocenters. The Hall–Kier alpha value is 0.620. The highest BCUT2D eigenvalue weighted by Crippen LogP contribution is 2.75. The van der Waals surface area contributed by atoms with E-state index in [2.05, 4.69) is 38.8 Å². The molecule has 0 aromatic carbocycles. The molecule has 2 nitrogen and oxygen atoms in total. The summed E-state index contributed by atoms with van der Waals surface area (Å²) in [5.74, 6) is 2.90. The molecule has 7 atom stereocenters. The number of ether oxygens (including phenoxy) is 1. The summed E-state index contributed by atoms with van der Waals surface area (Å²) >= 11 is 7.82. The first-order valence-electron chi connectivity index (χ1n) is 9.67. The number of fused-ring (bicyclic) bond motifs is 5. The van der Waals surface area contributed by atoms with Crippen LogP contribution in [-0.2, 0) is 4.74 Å². The van der Waals surface area contributed by atoms with Crippen LogP contribution in [0.2, 0.25) is 0 Å². The second-order valence-electron chi connectivity index (χ2n) is 9.33. The third-order valence-corrected chi connectivity index (χ3v) is 11.3. The highest BCUT2D eigenvalue weighted by Gasteiger charge is 2.77. The smallest absolute Gasteiger partial charge is 0.116 e. The van der Waals surface area contributed by atoms with E-state index in [0.29, 0.717) is 5.92 Å². The molecule has 5 aliphatic rings. The van der Waals surface area contributed by atoms with Crippen LogP contribution in [0.1, 0.15) is 58.3 Å². The van der Waals surface area contributed by atoms with Crippen LogP contribution >= 0.6 is 31.9 Å². The number of hydrogen-bond acceptors (Lipinski definition) is 2. The summed E-state index contributed by atoms with van der Waals surface area (Å²) in [6, 6.07) is 0. The molecular weight excluding hydrogens is 432 g/mol. The molecule has 0 bridgehead atoms. The summed E-state index contributed by atoms with van der Waals surface area (Å²) in [5.41, 5.74) is 3.66. The highest BCUT2D eigenvalue weighted by molar-refractivity contribution is 9.25. The number of rotatable bonds is 1. The summed E-state index contributed by atoms with van der Waals surface area (Å²) in [6.45, 7) is 2.37. The molecule has 0 spiro atoms. The summed E-state index contributed by atoms with van der Waals surface area (Å²) in [5, 5.41) is 10.5. The van der Waals surface area contributed by atoms with E-state index >= 15 is 0 Å². The first-order chi connectivity index (χ1) is 11.3. The minimum atomic E-state index is -0.0625. The summed E-state index contributed by atoms with van der Waals surface area (Å²) in [4.78, 5) is 0. The Bertz CT molecular complexity index is 615. The number of aliphatic hydroxyl groups is 1. The number of allylic oxidation sites excluding steroid dienone is 1. The van der Waals surface area contributed by atoms with E-state index in [1.165, 1.54) is 38.5 Å². The number of alkyl halides is 2. The van der Waals surface area contributed by atoms with Crippen molar-refractivity contribution >= 4 is 31.9 Å². The van der Waals surface area contributed by atoms with Crippen molar-refractivity contribution < 1.29 is 9.84 Å². The zero-order valence-electron chi connectivity index (χ0n) is 14.7. The van der Waals surface area contributed by atoms with Crippen molar-refractivity contribution in [2.24, 2.45) is 29.1 Å². The van der Waals surface area contributed by atoms with Crippen molar-refractivity contribution in [3.63, 3.8) is 0 Å². The Morgan fingerprint density at radius 1 is 1.17 bits per heavy atom. The molecule has 0 radical (unpaired) electrons. The van der Waals surface area contributed by atoms with Crippen molar-refractivity contribution in [2.75, 3.05) is 7.11 Å². The van der Waals surface area contributed by atoms with Gasteiger partial charge in [-0.2, -0.15) is 0 Å². The topological polar surface area (TPSA) is 29.5 Å². The van der Waals surface area contributed by atoms with E-state index in [9.17, 15) is 5.11 Å². The van der Waals surface area contributed by atoms with Crippen LogP contribution in [0.3, 0.4) is 0 Å². The van der Waals surface area contributed by atoms with Crippen molar-refractivity contribution in [1.29, 1.82) is 0 Å². The molecule has 0 heterocycles. The van der Waals surface area contributed by atoms with Crippen LogP contribution in [0.25, 0.3) is 0 Å². The van der Waals surface area contributed by atoms with Gasteiger partial charge >= 0.3 is 0 Å². The van der Waals surface area contributed by atoms with Crippen molar-refractivity contribution in [2.45, 2.75) is 73.2 Å². The summed E-state index contributed by atoms with van der Waals surface area (Å²) in [7, 11) is 1.88. The molecule has 5 rings (SSSR count). The van der Waals surface area contributed by atoms with E-state index < -0.39 is 0 Å². The third-order valence-electron chi connectivity index (χ3n) is 8.81. The van der Waals surface area contributed by atoms with Gasteiger partial charge in [0, 0.05) is 19.4 Å². The lowest BCUT2D eigenvalue weighted by Crippen LogP contribution is -2.45. The molecule has 3 saturated carbocycles. The van der Waals surface area contributed by atoms with Gasteiger partial charge in [-0.05, 0) is 68.1 Å². The number of halogens is 2. The van der Waals surface area contributed by atoms with Gasteiger partial charge in [-0.3, -0.25) is 0 Å². The van der Waals surface area contributed by atoms with Gasteiger partial charge in [0.1, 0.15) is 8.83 Å². The van der Waals surface area contributed by atoms with Gasteiger partial charge in [0.25, 0.3) is 0 Å². The van der Waals surface area contributed by atoms with E-state index in [-0.39, 0.29) is 20.4 Å². The van der Waals surface area contributed by atoms with Gasteiger partial charge in [-0.1, -0.05) is 49.9 Å². The Kier molecular flexibility index (Phi) is 3.57. The van der Waals surface area contributed by atoms with Gasteiger partial charge < -0.3 is 9.84 Å². The predicted octanol–water partition coefficient (Wildman–Crippen LogP) is 5.18. The second kappa shape index (κ2) is 5.11. The maximum atomic E-state index is 10.5. The fourth-order valence-corrected chi connectivity index (χ4v) is 9.28. The Labute approximate surface area is 162 Å². The maximum Gasteiger partial charge on any atom is 0.116 e. The molecule has 0 aromatic heterocycles. The van der Waals surface area contributed by atoms with Gasteiger partial charge in [0.15, 0.2) is 0 Å². The van der Waals surface area contributed by atoms with Crippen molar-refractivity contribution in [1.82, 2.24) is 0 Å². The first-order valence-corrected chi connectivity index (χ1v) is 11.3. The van der Waals surface area contributed by atoms with Crippen LogP contribution < -0.4 is 0 Å². The minimum absolute atomic E-state index is 0.0224. The SMILES string of the molecule is COC12CC3=C(CC1C2(Br)Br)[C@H]1CC[C@]2(C)[C@@H](O)CC[C@H]2[C@@H]1CC3. The zero-order chi connectivity index (χ0) is 16.9. The zero-order valence-corrected chi connectivity index (χ0v) is 17.8. The van der Waals surface area contributed by atoms with E-state index in [1.807, 2.05) is 7.11 Å². The van der Waals surface area contributed by atoms with Crippen molar-refractivity contribution in [3.8, 4) is 0 Å². The standard InChI is InChI=1S/C20H28Br2O2/c1-18-8-7-12-13(15(18)5-6-17(18)23)4-3-11-10-19(24-2)16(9-14(11)12)20(19,21)22/h12-13,15-17,23H,3-10H2,1-2H3/t12-,13+,15-,16?,17-,18-,19?/m0/s1. The fourth-order valence-electron chi connectivity index (χ4n) is 7.28. The largest absolute Gasteiger partial charge is 0.393 e. The minimum Gasteiger partial charge on any atom is -0.393 e. The van der Waals surface area contributed by atoms with E-state index in [1.54, 1.807) is 11.1 Å². The quantitative estimate of drug-likeness (QED) is 0.432. The predicted molar refractivity (Wildman–Crippen MR) is 102 cm³/mol. The molecule has 0 amide bonds. The Balaban J connectivity index is 1.46. The molecule has 5 aliphatic carbocycles. The average Bonchev–Trinajstić information content (AvgIpc) is 2.87. The maximum absolute atomic E-state index is 10.5. The number of hydrogen-bond donors (Lipinski definition) is 1. The lowest BCUT2D eigenvalue weighted by atomic mass is 9.54.